The van der Waals surface area contributed by atoms with Crippen LogP contribution in [0.2, 0.25) is 0 Å². The number of hydrogen-bond acceptors (Lipinski definition) is 3. The third-order valence-corrected chi connectivity index (χ3v) is 4.89. The number of nitrogens with two attached hydrogens (primary N) is 1. The van der Waals surface area contributed by atoms with Crippen LogP contribution in [0, 0.1) is 11.8 Å². The van der Waals surface area contributed by atoms with Gasteiger partial charge in [0, 0.05) is 12.8 Å². The van der Waals surface area contributed by atoms with Gasteiger partial charge in [-0.2, -0.15) is 0 Å². The minimum absolute atomic E-state index is 0.115. The number of carbonyl (C=O) groups excluding carboxylic acids is 3. The number of primary amides is 1. The minimum Gasteiger partial charge on any atom is -0.370 e. The molecule has 24 heavy (non-hydrogen) atoms. The van der Waals surface area contributed by atoms with E-state index >= 15 is 0 Å². The highest BCUT2D eigenvalue weighted by Crippen LogP contribution is 2.33. The number of nitrogens with zero attached hydrogens (tertiary/aromatic N) is 1. The zero-order chi connectivity index (χ0) is 18.1. The second-order valence-electron chi connectivity index (χ2n) is 7.52. The van der Waals surface area contributed by atoms with Crippen molar-refractivity contribution in [2.45, 2.75) is 52.4 Å². The summed E-state index contributed by atoms with van der Waals surface area (Å²) < 4.78 is 0. The van der Waals surface area contributed by atoms with Crippen molar-refractivity contribution in [3.05, 3.63) is 29.8 Å². The normalized spacial score (nSPS) is 18.5. The summed E-state index contributed by atoms with van der Waals surface area (Å²) in [6, 6.07) is 7.44. The Morgan fingerprint density at radius 2 is 1.83 bits per heavy atom. The molecule has 0 saturated carbocycles. The summed E-state index contributed by atoms with van der Waals surface area (Å²) in [4.78, 5) is 37.0. The molecule has 1 aromatic rings. The van der Waals surface area contributed by atoms with Gasteiger partial charge in [-0.3, -0.25) is 19.3 Å². The van der Waals surface area contributed by atoms with Crippen LogP contribution in [0.4, 0.5) is 5.69 Å². The predicted molar refractivity (Wildman–Crippen MR) is 93.3 cm³/mol. The molecule has 1 atom stereocenters. The fourth-order valence-electron chi connectivity index (χ4n) is 3.09. The van der Waals surface area contributed by atoms with Crippen molar-refractivity contribution in [3.8, 4) is 0 Å². The van der Waals surface area contributed by atoms with Gasteiger partial charge in [0.2, 0.25) is 17.7 Å². The minimum atomic E-state index is -0.312. The molecule has 5 nitrogen and oxygen atoms in total. The molecule has 1 unspecified atom stereocenters. The monoisotopic (exact) mass is 330 g/mol. The molecule has 0 aromatic heterocycles. The highest BCUT2D eigenvalue weighted by atomic mass is 16.2. The second kappa shape index (κ2) is 6.75. The van der Waals surface area contributed by atoms with Gasteiger partial charge >= 0.3 is 0 Å². The van der Waals surface area contributed by atoms with Gasteiger partial charge < -0.3 is 5.73 Å². The summed E-state index contributed by atoms with van der Waals surface area (Å²) in [6.07, 6.45) is 1.26. The fraction of sp³-hybridized carbons (Fsp3) is 0.526. The number of carbonyl (C=O) groups is 3. The van der Waals surface area contributed by atoms with Gasteiger partial charge in [0.1, 0.15) is 0 Å². The predicted octanol–water partition coefficient (Wildman–Crippen LogP) is 2.77. The standard InChI is InChI=1S/C19H26N2O3/c1-12(2)15-11-17(23)21(18(15)24)14-7-5-13(6-8-14)19(3,4)10-9-16(20)22/h5-8,12,15H,9-11H2,1-4H3,(H2,20,22). The molecule has 0 radical (unpaired) electrons. The Balaban J connectivity index is 2.19. The Hall–Kier alpha value is -2.17. The summed E-state index contributed by atoms with van der Waals surface area (Å²) in [7, 11) is 0. The zero-order valence-corrected chi connectivity index (χ0v) is 14.8. The summed E-state index contributed by atoms with van der Waals surface area (Å²) in [6.45, 7) is 8.02. The van der Waals surface area contributed by atoms with Crippen LogP contribution in [0.1, 0.15) is 52.5 Å². The number of benzene rings is 1. The van der Waals surface area contributed by atoms with Crippen LogP contribution in [0.25, 0.3) is 0 Å². The molecule has 0 aliphatic carbocycles. The number of rotatable bonds is 6. The molecule has 2 N–H and O–H groups in total. The first-order valence-electron chi connectivity index (χ1n) is 8.39. The van der Waals surface area contributed by atoms with E-state index in [4.69, 9.17) is 5.73 Å². The molecule has 1 heterocycles. The number of amides is 3. The van der Waals surface area contributed by atoms with Crippen LogP contribution in [0.5, 0.6) is 0 Å². The van der Waals surface area contributed by atoms with Gasteiger partial charge in [-0.15, -0.1) is 0 Å². The van der Waals surface area contributed by atoms with E-state index in [9.17, 15) is 14.4 Å². The molecule has 1 aliphatic rings. The van der Waals surface area contributed by atoms with Crippen LogP contribution in [0.3, 0.4) is 0 Å². The van der Waals surface area contributed by atoms with Crippen LogP contribution >= 0.6 is 0 Å². The molecule has 0 bridgehead atoms. The molecule has 2 rings (SSSR count). The largest absolute Gasteiger partial charge is 0.370 e. The number of imide groups is 1. The van der Waals surface area contributed by atoms with Crippen molar-refractivity contribution < 1.29 is 14.4 Å². The molecule has 1 aromatic carbocycles. The van der Waals surface area contributed by atoms with E-state index in [1.165, 1.54) is 4.90 Å². The zero-order valence-electron chi connectivity index (χ0n) is 14.8. The van der Waals surface area contributed by atoms with Crippen LogP contribution in [-0.2, 0) is 19.8 Å². The lowest BCUT2D eigenvalue weighted by atomic mass is 9.80. The molecule has 0 spiro atoms. The van der Waals surface area contributed by atoms with E-state index in [1.54, 1.807) is 12.1 Å². The molecule has 3 amide bonds. The molecule has 1 aliphatic heterocycles. The van der Waals surface area contributed by atoms with Crippen molar-refractivity contribution in [2.24, 2.45) is 17.6 Å². The Bertz CT molecular complexity index is 647. The van der Waals surface area contributed by atoms with Gasteiger partial charge in [-0.1, -0.05) is 39.8 Å². The van der Waals surface area contributed by atoms with Gasteiger partial charge in [-0.05, 0) is 35.4 Å². The third kappa shape index (κ3) is 3.66. The average Bonchev–Trinajstić information content (AvgIpc) is 2.80. The molecule has 1 fully saturated rings. The van der Waals surface area contributed by atoms with E-state index in [0.717, 1.165) is 5.56 Å². The molecule has 130 valence electrons. The second-order valence-corrected chi connectivity index (χ2v) is 7.52. The van der Waals surface area contributed by atoms with E-state index in [0.29, 0.717) is 18.5 Å². The average molecular weight is 330 g/mol. The van der Waals surface area contributed by atoms with Gasteiger partial charge in [-0.25, -0.2) is 0 Å². The highest BCUT2D eigenvalue weighted by molar-refractivity contribution is 6.21. The van der Waals surface area contributed by atoms with E-state index in [2.05, 4.69) is 0 Å². The van der Waals surface area contributed by atoms with Crippen LogP contribution in [0.15, 0.2) is 24.3 Å². The van der Waals surface area contributed by atoms with Gasteiger partial charge in [0.05, 0.1) is 11.6 Å². The van der Waals surface area contributed by atoms with Gasteiger partial charge in [0.15, 0.2) is 0 Å². The molecule has 5 heteroatoms. The summed E-state index contributed by atoms with van der Waals surface area (Å²) in [5.74, 6) is -0.648. The SMILES string of the molecule is CC(C)C1CC(=O)N(c2ccc(C(C)(C)CCC(N)=O)cc2)C1=O. The van der Waals surface area contributed by atoms with E-state index in [1.807, 2.05) is 39.8 Å². The molecule has 1 saturated heterocycles. The topological polar surface area (TPSA) is 80.5 Å². The molecular weight excluding hydrogens is 304 g/mol. The Kier molecular flexibility index (Phi) is 5.11. The van der Waals surface area contributed by atoms with Crippen molar-refractivity contribution in [1.29, 1.82) is 0 Å². The van der Waals surface area contributed by atoms with Crippen molar-refractivity contribution in [1.82, 2.24) is 0 Å². The first kappa shape index (κ1) is 18.2. The lowest BCUT2D eigenvalue weighted by Crippen LogP contribution is -2.31. The summed E-state index contributed by atoms with van der Waals surface area (Å²) in [5.41, 5.74) is 6.69. The Labute approximate surface area is 143 Å². The summed E-state index contributed by atoms with van der Waals surface area (Å²) >= 11 is 0. The maximum Gasteiger partial charge on any atom is 0.237 e. The van der Waals surface area contributed by atoms with Crippen LogP contribution in [-0.4, -0.2) is 17.7 Å². The Morgan fingerprint density at radius 1 is 1.25 bits per heavy atom. The van der Waals surface area contributed by atoms with Crippen molar-refractivity contribution >= 4 is 23.4 Å². The fourth-order valence-corrected chi connectivity index (χ4v) is 3.09. The first-order chi connectivity index (χ1) is 11.1. The lowest BCUT2D eigenvalue weighted by Gasteiger charge is -2.25. The Morgan fingerprint density at radius 3 is 2.29 bits per heavy atom. The van der Waals surface area contributed by atoms with Crippen LogP contribution < -0.4 is 10.6 Å². The number of hydrogen-bond donors (Lipinski definition) is 1. The quantitative estimate of drug-likeness (QED) is 0.814. The molecular formula is C19H26N2O3. The van der Waals surface area contributed by atoms with Gasteiger partial charge in [0.25, 0.3) is 0 Å². The van der Waals surface area contributed by atoms with Crippen molar-refractivity contribution in [3.63, 3.8) is 0 Å². The highest BCUT2D eigenvalue weighted by Gasteiger charge is 2.40. The number of anilines is 1. The maximum atomic E-state index is 12.5. The maximum absolute atomic E-state index is 12.5. The first-order valence-corrected chi connectivity index (χ1v) is 8.39. The summed E-state index contributed by atoms with van der Waals surface area (Å²) in [5, 5.41) is 0. The smallest absolute Gasteiger partial charge is 0.237 e. The third-order valence-electron chi connectivity index (χ3n) is 4.89. The van der Waals surface area contributed by atoms with E-state index in [-0.39, 0.29) is 41.4 Å². The van der Waals surface area contributed by atoms with E-state index < -0.39 is 0 Å². The lowest BCUT2D eigenvalue weighted by molar-refractivity contribution is -0.123. The van der Waals surface area contributed by atoms with Crippen molar-refractivity contribution in [2.75, 3.05) is 4.90 Å².